The van der Waals surface area contributed by atoms with Gasteiger partial charge in [0, 0.05) is 17.6 Å². The number of guanidine groups is 1. The number of benzene rings is 1. The number of nitrogens with zero attached hydrogens (tertiary/aromatic N) is 1. The van der Waals surface area contributed by atoms with Crippen molar-refractivity contribution < 1.29 is 14.3 Å². The number of rotatable bonds is 7. The van der Waals surface area contributed by atoms with Crippen LogP contribution in [0.2, 0.25) is 0 Å². The Labute approximate surface area is 202 Å². The second kappa shape index (κ2) is 11.5. The number of aryl methyl sites for hydroxylation is 1. The third-order valence-corrected chi connectivity index (χ3v) is 4.31. The molecule has 1 atom stereocenters. The number of amides is 1. The predicted octanol–water partition coefficient (Wildman–Crippen LogP) is 3.70. The standard InChI is InChI=1S/C23H34N4O3.HI/c1-7-24-21(26-15-23(6,29)19-12-11-16(2)30-19)25-14-17-9-8-10-18(13-17)20(28)27-22(3,4)5;/h8-13,29H,7,14-15H2,1-6H3,(H,27,28)(H2,24,25,26);1H. The van der Waals surface area contributed by atoms with E-state index in [1.165, 1.54) is 0 Å². The molecule has 7 nitrogen and oxygen atoms in total. The molecule has 1 amide bonds. The molecule has 172 valence electrons. The number of halogens is 1. The summed E-state index contributed by atoms with van der Waals surface area (Å²) in [5.74, 6) is 1.72. The number of furan rings is 1. The van der Waals surface area contributed by atoms with E-state index in [-0.39, 0.29) is 42.0 Å². The average molecular weight is 542 g/mol. The Hall–Kier alpha value is -2.07. The van der Waals surface area contributed by atoms with Gasteiger partial charge in [0.1, 0.15) is 17.1 Å². The zero-order valence-corrected chi connectivity index (χ0v) is 21.5. The van der Waals surface area contributed by atoms with E-state index >= 15 is 0 Å². The minimum Gasteiger partial charge on any atom is -0.463 e. The first-order valence-corrected chi connectivity index (χ1v) is 10.2. The summed E-state index contributed by atoms with van der Waals surface area (Å²) in [6.07, 6.45) is 0. The molecular formula is C23H35IN4O3. The lowest BCUT2D eigenvalue weighted by Gasteiger charge is -2.23. The second-order valence-electron chi connectivity index (χ2n) is 8.64. The third kappa shape index (κ3) is 8.90. The van der Waals surface area contributed by atoms with Crippen molar-refractivity contribution in [1.82, 2.24) is 16.0 Å². The van der Waals surface area contributed by atoms with Gasteiger partial charge in [0.15, 0.2) is 5.96 Å². The molecule has 0 saturated heterocycles. The van der Waals surface area contributed by atoms with Gasteiger partial charge in [-0.1, -0.05) is 12.1 Å². The molecule has 0 aliphatic heterocycles. The topological polar surface area (TPSA) is 98.9 Å². The Kier molecular flexibility index (Phi) is 10.0. The van der Waals surface area contributed by atoms with Gasteiger partial charge in [-0.3, -0.25) is 4.79 Å². The summed E-state index contributed by atoms with van der Waals surface area (Å²) in [4.78, 5) is 17.0. The maximum absolute atomic E-state index is 12.4. The van der Waals surface area contributed by atoms with E-state index in [0.717, 1.165) is 11.3 Å². The van der Waals surface area contributed by atoms with Crippen LogP contribution in [-0.4, -0.2) is 35.6 Å². The first-order chi connectivity index (χ1) is 14.0. The van der Waals surface area contributed by atoms with E-state index in [4.69, 9.17) is 4.42 Å². The summed E-state index contributed by atoms with van der Waals surface area (Å²) in [7, 11) is 0. The maximum Gasteiger partial charge on any atom is 0.251 e. The fraction of sp³-hybridized carbons (Fsp3) is 0.478. The van der Waals surface area contributed by atoms with Crippen molar-refractivity contribution >= 4 is 35.8 Å². The summed E-state index contributed by atoms with van der Waals surface area (Å²) < 4.78 is 5.55. The highest BCUT2D eigenvalue weighted by molar-refractivity contribution is 14.0. The van der Waals surface area contributed by atoms with Crippen LogP contribution in [0.3, 0.4) is 0 Å². The molecule has 8 heteroatoms. The number of hydrogen-bond acceptors (Lipinski definition) is 4. The largest absolute Gasteiger partial charge is 0.463 e. The Balaban J connectivity index is 0.00000480. The van der Waals surface area contributed by atoms with Crippen LogP contribution in [0.15, 0.2) is 45.8 Å². The minimum absolute atomic E-state index is 0. The van der Waals surface area contributed by atoms with E-state index in [9.17, 15) is 9.90 Å². The van der Waals surface area contributed by atoms with Crippen molar-refractivity contribution in [2.24, 2.45) is 4.99 Å². The average Bonchev–Trinajstić information content (AvgIpc) is 3.10. The van der Waals surface area contributed by atoms with Crippen LogP contribution in [0.5, 0.6) is 0 Å². The highest BCUT2D eigenvalue weighted by Gasteiger charge is 2.27. The monoisotopic (exact) mass is 542 g/mol. The number of nitrogens with one attached hydrogen (secondary N) is 3. The first kappa shape index (κ1) is 27.0. The smallest absolute Gasteiger partial charge is 0.251 e. The normalized spacial score (nSPS) is 13.7. The van der Waals surface area contributed by atoms with Gasteiger partial charge in [-0.2, -0.15) is 0 Å². The molecule has 1 unspecified atom stereocenters. The van der Waals surface area contributed by atoms with E-state index in [2.05, 4.69) is 20.9 Å². The highest BCUT2D eigenvalue weighted by atomic mass is 127. The van der Waals surface area contributed by atoms with E-state index in [1.54, 1.807) is 19.1 Å². The third-order valence-electron chi connectivity index (χ3n) is 4.31. The van der Waals surface area contributed by atoms with Crippen molar-refractivity contribution in [3.05, 3.63) is 59.0 Å². The molecular weight excluding hydrogens is 507 g/mol. The van der Waals surface area contributed by atoms with Gasteiger partial charge >= 0.3 is 0 Å². The molecule has 1 aromatic carbocycles. The van der Waals surface area contributed by atoms with E-state index in [1.807, 2.05) is 58.9 Å². The second-order valence-corrected chi connectivity index (χ2v) is 8.64. The minimum atomic E-state index is -1.17. The van der Waals surface area contributed by atoms with Gasteiger partial charge in [0.25, 0.3) is 5.91 Å². The SMILES string of the molecule is CCNC(=NCc1cccc(C(=O)NC(C)(C)C)c1)NCC(C)(O)c1ccc(C)o1.I. The Morgan fingerprint density at radius 2 is 1.84 bits per heavy atom. The maximum atomic E-state index is 12.4. The number of aliphatic imine (C=N–C) groups is 1. The Morgan fingerprint density at radius 3 is 2.42 bits per heavy atom. The van der Waals surface area contributed by atoms with E-state index < -0.39 is 5.60 Å². The Bertz CT molecular complexity index is 885. The lowest BCUT2D eigenvalue weighted by Crippen LogP contribution is -2.44. The van der Waals surface area contributed by atoms with Crippen LogP contribution in [0, 0.1) is 6.92 Å². The van der Waals surface area contributed by atoms with Crippen LogP contribution in [0.25, 0.3) is 0 Å². The van der Waals surface area contributed by atoms with Crippen molar-refractivity contribution in [2.45, 2.75) is 59.2 Å². The molecule has 2 aromatic rings. The summed E-state index contributed by atoms with van der Waals surface area (Å²) in [5, 5.41) is 20.0. The molecule has 4 N–H and O–H groups in total. The molecule has 0 fully saturated rings. The van der Waals surface area contributed by atoms with Gasteiger partial charge in [-0.05, 0) is 71.4 Å². The molecule has 1 heterocycles. The van der Waals surface area contributed by atoms with Crippen LogP contribution < -0.4 is 16.0 Å². The number of aliphatic hydroxyl groups is 1. The van der Waals surface area contributed by atoms with Crippen LogP contribution in [0.4, 0.5) is 0 Å². The molecule has 0 spiro atoms. The molecule has 0 radical (unpaired) electrons. The first-order valence-electron chi connectivity index (χ1n) is 10.2. The molecule has 2 rings (SSSR count). The van der Waals surface area contributed by atoms with Gasteiger partial charge in [0.05, 0.1) is 13.1 Å². The Morgan fingerprint density at radius 1 is 1.13 bits per heavy atom. The summed E-state index contributed by atoms with van der Waals surface area (Å²) in [6.45, 7) is 12.7. The predicted molar refractivity (Wildman–Crippen MR) is 135 cm³/mol. The molecule has 0 saturated carbocycles. The van der Waals surface area contributed by atoms with Crippen LogP contribution in [-0.2, 0) is 12.1 Å². The van der Waals surface area contributed by atoms with Gasteiger partial charge in [0.2, 0.25) is 0 Å². The van der Waals surface area contributed by atoms with Crippen molar-refractivity contribution in [2.75, 3.05) is 13.1 Å². The number of hydrogen-bond donors (Lipinski definition) is 4. The molecule has 0 bridgehead atoms. The number of carbonyl (C=O) groups is 1. The van der Waals surface area contributed by atoms with Crippen molar-refractivity contribution in [3.8, 4) is 0 Å². The van der Waals surface area contributed by atoms with Crippen LogP contribution >= 0.6 is 24.0 Å². The zero-order valence-electron chi connectivity index (χ0n) is 19.2. The summed E-state index contributed by atoms with van der Waals surface area (Å²) in [5.41, 5.74) is 0.0561. The van der Waals surface area contributed by atoms with Gasteiger partial charge in [-0.15, -0.1) is 24.0 Å². The molecule has 31 heavy (non-hydrogen) atoms. The molecule has 1 aromatic heterocycles. The summed E-state index contributed by atoms with van der Waals surface area (Å²) >= 11 is 0. The van der Waals surface area contributed by atoms with Crippen molar-refractivity contribution in [3.63, 3.8) is 0 Å². The lowest BCUT2D eigenvalue weighted by atomic mass is 10.0. The lowest BCUT2D eigenvalue weighted by molar-refractivity contribution is 0.0378. The zero-order chi connectivity index (χ0) is 22.4. The van der Waals surface area contributed by atoms with Crippen LogP contribution in [0.1, 0.15) is 62.1 Å². The quantitative estimate of drug-likeness (QED) is 0.243. The van der Waals surface area contributed by atoms with Gasteiger partial charge < -0.3 is 25.5 Å². The van der Waals surface area contributed by atoms with Crippen molar-refractivity contribution in [1.29, 1.82) is 0 Å². The summed E-state index contributed by atoms with van der Waals surface area (Å²) in [6, 6.07) is 11.0. The molecule has 0 aliphatic rings. The fourth-order valence-electron chi connectivity index (χ4n) is 2.80. The van der Waals surface area contributed by atoms with Gasteiger partial charge in [-0.25, -0.2) is 4.99 Å². The molecule has 0 aliphatic carbocycles. The fourth-order valence-corrected chi connectivity index (χ4v) is 2.80. The number of carbonyl (C=O) groups excluding carboxylic acids is 1. The highest BCUT2D eigenvalue weighted by Crippen LogP contribution is 2.21. The van der Waals surface area contributed by atoms with E-state index in [0.29, 0.717) is 30.4 Å².